The summed E-state index contributed by atoms with van der Waals surface area (Å²) in [6, 6.07) is 2.83. The number of rotatable bonds is 2. The van der Waals surface area contributed by atoms with E-state index in [0.29, 0.717) is 6.04 Å². The van der Waals surface area contributed by atoms with Gasteiger partial charge in [-0.3, -0.25) is 0 Å². The second-order valence-corrected chi connectivity index (χ2v) is 5.64. The van der Waals surface area contributed by atoms with E-state index < -0.39 is 0 Å². The fourth-order valence-electron chi connectivity index (χ4n) is 2.25. The van der Waals surface area contributed by atoms with Gasteiger partial charge >= 0.3 is 6.03 Å². The van der Waals surface area contributed by atoms with E-state index in [4.69, 9.17) is 0 Å². The first-order chi connectivity index (χ1) is 7.83. The fourth-order valence-corrected chi connectivity index (χ4v) is 3.24. The molecule has 3 rings (SSSR count). The van der Waals surface area contributed by atoms with E-state index in [-0.39, 0.29) is 12.1 Å². The van der Waals surface area contributed by atoms with Crippen LogP contribution in [-0.2, 0) is 6.42 Å². The Hall–Kier alpha value is -1.03. The maximum Gasteiger partial charge on any atom is 0.315 e. The molecule has 1 atom stereocenters. The van der Waals surface area contributed by atoms with Gasteiger partial charge in [0.05, 0.1) is 6.04 Å². The minimum Gasteiger partial charge on any atom is -0.335 e. The standard InChI is InChI=1S/C12H16N2OS/c15-12(13-8-4-5-8)14-10-2-1-3-11-9(10)6-7-16-11/h6-8,10H,1-5H2,(H2,13,14,15). The van der Waals surface area contributed by atoms with E-state index in [9.17, 15) is 4.79 Å². The smallest absolute Gasteiger partial charge is 0.315 e. The molecule has 1 heterocycles. The molecule has 0 radical (unpaired) electrons. The highest BCUT2D eigenvalue weighted by atomic mass is 32.1. The van der Waals surface area contributed by atoms with Crippen LogP contribution in [0.2, 0.25) is 0 Å². The molecular weight excluding hydrogens is 220 g/mol. The minimum atomic E-state index is 0.00606. The molecule has 0 bridgehead atoms. The van der Waals surface area contributed by atoms with E-state index in [1.165, 1.54) is 23.3 Å². The molecule has 0 spiro atoms. The second-order valence-electron chi connectivity index (χ2n) is 4.64. The van der Waals surface area contributed by atoms with Gasteiger partial charge in [0.2, 0.25) is 0 Å². The summed E-state index contributed by atoms with van der Waals surface area (Å²) in [5, 5.41) is 8.20. The van der Waals surface area contributed by atoms with E-state index >= 15 is 0 Å². The number of urea groups is 1. The van der Waals surface area contributed by atoms with Gasteiger partial charge in [0.25, 0.3) is 0 Å². The van der Waals surface area contributed by atoms with Crippen LogP contribution in [0.3, 0.4) is 0 Å². The number of fused-ring (bicyclic) bond motifs is 1. The first-order valence-electron chi connectivity index (χ1n) is 5.96. The van der Waals surface area contributed by atoms with Crippen molar-refractivity contribution in [2.24, 2.45) is 0 Å². The molecular formula is C12H16N2OS. The van der Waals surface area contributed by atoms with E-state index in [1.54, 1.807) is 0 Å². The number of carbonyl (C=O) groups excluding carboxylic acids is 1. The Morgan fingerprint density at radius 2 is 2.19 bits per heavy atom. The summed E-state index contributed by atoms with van der Waals surface area (Å²) in [5.41, 5.74) is 1.34. The summed E-state index contributed by atoms with van der Waals surface area (Å²) in [7, 11) is 0. The van der Waals surface area contributed by atoms with Crippen molar-refractivity contribution in [1.29, 1.82) is 0 Å². The molecule has 1 unspecified atom stereocenters. The summed E-state index contributed by atoms with van der Waals surface area (Å²) >= 11 is 1.81. The predicted octanol–water partition coefficient (Wildman–Crippen LogP) is 2.59. The summed E-state index contributed by atoms with van der Waals surface area (Å²) in [6.45, 7) is 0. The van der Waals surface area contributed by atoms with Crippen molar-refractivity contribution in [1.82, 2.24) is 10.6 Å². The third-order valence-corrected chi connectivity index (χ3v) is 4.27. The number of hydrogen-bond acceptors (Lipinski definition) is 2. The highest BCUT2D eigenvalue weighted by Gasteiger charge is 2.26. The maximum absolute atomic E-state index is 11.7. The molecule has 0 aliphatic heterocycles. The quantitative estimate of drug-likeness (QED) is 0.814. The summed E-state index contributed by atoms with van der Waals surface area (Å²) in [6.07, 6.45) is 5.71. The predicted molar refractivity (Wildman–Crippen MR) is 64.7 cm³/mol. The Balaban J connectivity index is 1.65. The molecule has 86 valence electrons. The fraction of sp³-hybridized carbons (Fsp3) is 0.583. The van der Waals surface area contributed by atoms with Crippen LogP contribution in [0, 0.1) is 0 Å². The zero-order valence-electron chi connectivity index (χ0n) is 9.16. The van der Waals surface area contributed by atoms with Gasteiger partial charge in [-0.25, -0.2) is 4.79 Å². The van der Waals surface area contributed by atoms with Crippen molar-refractivity contribution in [3.05, 3.63) is 21.9 Å². The number of amides is 2. The van der Waals surface area contributed by atoms with Gasteiger partial charge in [-0.1, -0.05) is 0 Å². The zero-order chi connectivity index (χ0) is 11.0. The van der Waals surface area contributed by atoms with Gasteiger partial charge in [0.1, 0.15) is 0 Å². The molecule has 0 saturated heterocycles. The van der Waals surface area contributed by atoms with Crippen LogP contribution in [0.1, 0.15) is 42.2 Å². The van der Waals surface area contributed by atoms with Crippen molar-refractivity contribution in [2.45, 2.75) is 44.2 Å². The van der Waals surface area contributed by atoms with Gasteiger partial charge in [-0.15, -0.1) is 11.3 Å². The first-order valence-corrected chi connectivity index (χ1v) is 6.84. The van der Waals surface area contributed by atoms with Gasteiger partial charge < -0.3 is 10.6 Å². The summed E-state index contributed by atoms with van der Waals surface area (Å²) in [4.78, 5) is 13.1. The monoisotopic (exact) mass is 236 g/mol. The third kappa shape index (κ3) is 2.07. The lowest BCUT2D eigenvalue weighted by atomic mass is 9.94. The number of hydrogen-bond donors (Lipinski definition) is 2. The molecule has 1 fully saturated rings. The van der Waals surface area contributed by atoms with Crippen molar-refractivity contribution in [2.75, 3.05) is 0 Å². The number of nitrogens with one attached hydrogen (secondary N) is 2. The van der Waals surface area contributed by atoms with Crippen LogP contribution < -0.4 is 10.6 Å². The Morgan fingerprint density at radius 3 is 3.00 bits per heavy atom. The number of aryl methyl sites for hydroxylation is 1. The van der Waals surface area contributed by atoms with Crippen molar-refractivity contribution in [3.63, 3.8) is 0 Å². The molecule has 3 nitrogen and oxygen atoms in total. The molecule has 4 heteroatoms. The molecule has 2 N–H and O–H groups in total. The third-order valence-electron chi connectivity index (χ3n) is 3.27. The van der Waals surface area contributed by atoms with E-state index in [2.05, 4.69) is 22.1 Å². The van der Waals surface area contributed by atoms with Gasteiger partial charge in [-0.2, -0.15) is 0 Å². The van der Waals surface area contributed by atoms with Crippen LogP contribution in [0.4, 0.5) is 4.79 Å². The first kappa shape index (κ1) is 10.1. The van der Waals surface area contributed by atoms with Crippen LogP contribution in [-0.4, -0.2) is 12.1 Å². The number of carbonyl (C=O) groups is 1. The van der Waals surface area contributed by atoms with E-state index in [1.807, 2.05) is 11.3 Å². The van der Waals surface area contributed by atoms with Crippen LogP contribution in [0.5, 0.6) is 0 Å². The normalized spacial score (nSPS) is 23.6. The molecule has 0 aromatic carbocycles. The Bertz CT molecular complexity index is 397. The second kappa shape index (κ2) is 4.09. The lowest BCUT2D eigenvalue weighted by molar-refractivity contribution is 0.235. The Morgan fingerprint density at radius 1 is 1.31 bits per heavy atom. The van der Waals surface area contributed by atoms with Gasteiger partial charge in [-0.05, 0) is 49.1 Å². The molecule has 1 saturated carbocycles. The average Bonchev–Trinajstić information content (AvgIpc) is 2.94. The van der Waals surface area contributed by atoms with Crippen LogP contribution >= 0.6 is 11.3 Å². The van der Waals surface area contributed by atoms with Crippen LogP contribution in [0.15, 0.2) is 11.4 Å². The Kier molecular flexibility index (Phi) is 2.59. The molecule has 2 aliphatic carbocycles. The lowest BCUT2D eigenvalue weighted by Gasteiger charge is -2.23. The molecule has 2 aliphatic rings. The van der Waals surface area contributed by atoms with Crippen LogP contribution in [0.25, 0.3) is 0 Å². The Labute approximate surface area is 99.2 Å². The molecule has 16 heavy (non-hydrogen) atoms. The van der Waals surface area contributed by atoms with Crippen molar-refractivity contribution in [3.8, 4) is 0 Å². The molecule has 1 aromatic heterocycles. The average molecular weight is 236 g/mol. The number of thiophene rings is 1. The van der Waals surface area contributed by atoms with E-state index in [0.717, 1.165) is 19.3 Å². The maximum atomic E-state index is 11.7. The van der Waals surface area contributed by atoms with Crippen molar-refractivity contribution < 1.29 is 4.79 Å². The largest absolute Gasteiger partial charge is 0.335 e. The van der Waals surface area contributed by atoms with Crippen molar-refractivity contribution >= 4 is 17.4 Å². The summed E-state index contributed by atoms with van der Waals surface area (Å²) in [5.74, 6) is 0. The van der Waals surface area contributed by atoms with Gasteiger partial charge in [0.15, 0.2) is 0 Å². The zero-order valence-corrected chi connectivity index (χ0v) is 9.98. The lowest BCUT2D eigenvalue weighted by Crippen LogP contribution is -2.39. The SMILES string of the molecule is O=C(NC1CC1)NC1CCCc2sccc21. The topological polar surface area (TPSA) is 41.1 Å². The van der Waals surface area contributed by atoms with Gasteiger partial charge in [0, 0.05) is 10.9 Å². The highest BCUT2D eigenvalue weighted by molar-refractivity contribution is 7.10. The summed E-state index contributed by atoms with van der Waals surface area (Å²) < 4.78 is 0. The highest BCUT2D eigenvalue weighted by Crippen LogP contribution is 2.33. The molecule has 2 amide bonds. The molecule has 1 aromatic rings. The minimum absolute atomic E-state index is 0.00606.